The van der Waals surface area contributed by atoms with E-state index in [0.29, 0.717) is 37.0 Å². The van der Waals surface area contributed by atoms with Gasteiger partial charge in [-0.2, -0.15) is 0 Å². The van der Waals surface area contributed by atoms with Crippen molar-refractivity contribution >= 4 is 18.5 Å². The van der Waals surface area contributed by atoms with Crippen molar-refractivity contribution in [3.05, 3.63) is 41.3 Å². The zero-order valence-electron chi connectivity index (χ0n) is 15.9. The van der Waals surface area contributed by atoms with Crippen LogP contribution in [0, 0.1) is 6.92 Å². The summed E-state index contributed by atoms with van der Waals surface area (Å²) < 4.78 is 11.0. The maximum absolute atomic E-state index is 12.4. The van der Waals surface area contributed by atoms with Crippen LogP contribution in [0.4, 0.5) is 0 Å². The number of carbonyl (C=O) groups excluding carboxylic acids is 1. The molecule has 0 aliphatic carbocycles. The molecule has 0 radical (unpaired) electrons. The van der Waals surface area contributed by atoms with Crippen LogP contribution in [0.1, 0.15) is 21.6 Å². The molecule has 0 atom stereocenters. The fourth-order valence-corrected chi connectivity index (χ4v) is 3.22. The number of fused-ring (bicyclic) bond motifs is 1. The minimum absolute atomic E-state index is 0.125. The molecule has 3 N–H and O–H groups in total. The van der Waals surface area contributed by atoms with Gasteiger partial charge in [-0.05, 0) is 29.6 Å². The van der Waals surface area contributed by atoms with Crippen molar-refractivity contribution in [1.82, 2.24) is 20.2 Å². The van der Waals surface area contributed by atoms with Gasteiger partial charge in [0.1, 0.15) is 11.4 Å². The Kier molecular flexibility index (Phi) is 6.58. The van der Waals surface area contributed by atoms with Crippen LogP contribution in [-0.2, 0) is 11.3 Å². The van der Waals surface area contributed by atoms with Gasteiger partial charge in [-0.15, -0.1) is 0 Å². The maximum atomic E-state index is 12.4. The number of aromatic nitrogens is 2. The highest BCUT2D eigenvalue weighted by Gasteiger charge is 2.30. The molecule has 10 heteroatoms. The first-order valence-corrected chi connectivity index (χ1v) is 9.00. The number of aliphatic hydroxyl groups excluding tert-OH is 1. The van der Waals surface area contributed by atoms with Gasteiger partial charge in [0.25, 0.3) is 5.91 Å². The molecule has 148 valence electrons. The zero-order chi connectivity index (χ0) is 20.1. The Labute approximate surface area is 163 Å². The number of aliphatic hydroxyl groups is 1. The van der Waals surface area contributed by atoms with Crippen LogP contribution in [0.15, 0.2) is 24.5 Å². The lowest BCUT2D eigenvalue weighted by Gasteiger charge is -2.26. The minimum Gasteiger partial charge on any atom is -0.437 e. The number of benzene rings is 1. The summed E-state index contributed by atoms with van der Waals surface area (Å²) in [4.78, 5) is 22.6. The second-order valence-corrected chi connectivity index (χ2v) is 6.31. The third kappa shape index (κ3) is 4.15. The minimum atomic E-state index is -0.932. The molecule has 3 heterocycles. The van der Waals surface area contributed by atoms with E-state index < -0.39 is 7.12 Å². The Bertz CT molecular complexity index is 827. The van der Waals surface area contributed by atoms with Gasteiger partial charge >= 0.3 is 7.12 Å². The Morgan fingerprint density at radius 2 is 2.00 bits per heavy atom. The molecule has 2 aromatic rings. The molecule has 4 rings (SSSR count). The Morgan fingerprint density at radius 3 is 2.68 bits per heavy atom. The number of carbonyl (C=O) groups is 1. The number of ether oxygens (including phenoxy) is 1. The first kappa shape index (κ1) is 20.2. The molecular formula is C18H23BN4O5. The molecule has 1 aromatic heterocycles. The first-order valence-electron chi connectivity index (χ1n) is 9.00. The van der Waals surface area contributed by atoms with Gasteiger partial charge in [-0.3, -0.25) is 4.79 Å². The van der Waals surface area contributed by atoms with Crippen molar-refractivity contribution in [3.63, 3.8) is 0 Å². The maximum Gasteiger partial charge on any atom is 0.492 e. The van der Waals surface area contributed by atoms with E-state index in [2.05, 4.69) is 15.3 Å². The van der Waals surface area contributed by atoms with E-state index in [1.165, 1.54) is 12.4 Å². The highest BCUT2D eigenvalue weighted by atomic mass is 16.5. The number of nitrogens with zero attached hydrogens (tertiary/aromatic N) is 3. The molecular weight excluding hydrogens is 363 g/mol. The molecule has 9 nitrogen and oxygen atoms in total. The molecule has 28 heavy (non-hydrogen) atoms. The standard InChI is InChI=1S/C17H19BN4O4.CH4O/c1-11-14(3-2-12-10-25-18(24)16(11)12)26-15-9-20-13(8-21-15)17(23)22-6-4-19-5-7-22;1-2/h2-3,8-9,19,24H,4-7,10H2,1H3;2H,1H3. The van der Waals surface area contributed by atoms with Gasteiger partial charge in [-0.1, -0.05) is 6.07 Å². The molecule has 0 bridgehead atoms. The second kappa shape index (κ2) is 9.11. The predicted molar refractivity (Wildman–Crippen MR) is 103 cm³/mol. The first-order chi connectivity index (χ1) is 13.6. The highest BCUT2D eigenvalue weighted by Crippen LogP contribution is 2.25. The van der Waals surface area contributed by atoms with Crippen molar-refractivity contribution in [2.75, 3.05) is 33.3 Å². The molecule has 0 unspecified atom stereocenters. The summed E-state index contributed by atoms with van der Waals surface area (Å²) in [7, 11) is 0.0682. The number of hydrogen-bond acceptors (Lipinski definition) is 8. The number of hydrogen-bond donors (Lipinski definition) is 3. The average molecular weight is 386 g/mol. The molecule has 1 saturated heterocycles. The van der Waals surface area contributed by atoms with Gasteiger partial charge in [-0.25, -0.2) is 9.97 Å². The molecule has 2 aliphatic heterocycles. The Hall–Kier alpha value is -2.53. The van der Waals surface area contributed by atoms with Crippen molar-refractivity contribution in [2.45, 2.75) is 13.5 Å². The predicted octanol–water partition coefficient (Wildman–Crippen LogP) is -0.551. The average Bonchev–Trinajstić information content (AvgIpc) is 3.14. The van der Waals surface area contributed by atoms with Crippen molar-refractivity contribution in [3.8, 4) is 11.6 Å². The molecule has 0 saturated carbocycles. The van der Waals surface area contributed by atoms with Gasteiger partial charge in [0, 0.05) is 33.3 Å². The SMILES string of the molecule is CO.Cc1c(Oc2cnc(C(=O)N3CCNCC3)cn2)ccc2c1B(O)OC2. The largest absolute Gasteiger partial charge is 0.492 e. The molecule has 1 fully saturated rings. The third-order valence-electron chi connectivity index (χ3n) is 4.67. The lowest BCUT2D eigenvalue weighted by Crippen LogP contribution is -2.46. The summed E-state index contributed by atoms with van der Waals surface area (Å²) in [6.45, 7) is 5.15. The van der Waals surface area contributed by atoms with Crippen LogP contribution in [0.2, 0.25) is 0 Å². The fourth-order valence-electron chi connectivity index (χ4n) is 3.22. The normalized spacial score (nSPS) is 15.6. The number of nitrogens with one attached hydrogen (secondary N) is 1. The quantitative estimate of drug-likeness (QED) is 0.602. The van der Waals surface area contributed by atoms with Gasteiger partial charge in [0.2, 0.25) is 5.88 Å². The molecule has 1 amide bonds. The third-order valence-corrected chi connectivity index (χ3v) is 4.67. The Morgan fingerprint density at radius 1 is 1.25 bits per heavy atom. The lowest BCUT2D eigenvalue weighted by atomic mass is 9.76. The van der Waals surface area contributed by atoms with E-state index >= 15 is 0 Å². The van der Waals surface area contributed by atoms with Crippen molar-refractivity contribution in [2.24, 2.45) is 0 Å². The van der Waals surface area contributed by atoms with E-state index in [1.54, 1.807) is 4.90 Å². The summed E-state index contributed by atoms with van der Waals surface area (Å²) in [5.41, 5.74) is 2.79. The summed E-state index contributed by atoms with van der Waals surface area (Å²) >= 11 is 0. The topological polar surface area (TPSA) is 117 Å². The smallest absolute Gasteiger partial charge is 0.437 e. The number of rotatable bonds is 3. The van der Waals surface area contributed by atoms with E-state index in [4.69, 9.17) is 14.5 Å². The van der Waals surface area contributed by atoms with Crippen molar-refractivity contribution in [1.29, 1.82) is 0 Å². The fraction of sp³-hybridized carbons (Fsp3) is 0.389. The molecule has 2 aliphatic rings. The van der Waals surface area contributed by atoms with Crippen LogP contribution in [0.25, 0.3) is 0 Å². The van der Waals surface area contributed by atoms with Crippen LogP contribution >= 0.6 is 0 Å². The van der Waals surface area contributed by atoms with E-state index in [1.807, 2.05) is 19.1 Å². The van der Waals surface area contributed by atoms with E-state index in [0.717, 1.165) is 36.8 Å². The van der Waals surface area contributed by atoms with Crippen molar-refractivity contribution < 1.29 is 24.3 Å². The van der Waals surface area contributed by atoms with E-state index in [9.17, 15) is 9.82 Å². The van der Waals surface area contributed by atoms with Crippen LogP contribution in [0.5, 0.6) is 11.6 Å². The zero-order valence-corrected chi connectivity index (χ0v) is 15.9. The van der Waals surface area contributed by atoms with Gasteiger partial charge in [0.05, 0.1) is 19.0 Å². The summed E-state index contributed by atoms with van der Waals surface area (Å²) in [5, 5.41) is 20.1. The monoisotopic (exact) mass is 386 g/mol. The van der Waals surface area contributed by atoms with Gasteiger partial charge < -0.3 is 29.7 Å². The lowest BCUT2D eigenvalue weighted by molar-refractivity contribution is 0.0729. The Balaban J connectivity index is 0.00000109. The highest BCUT2D eigenvalue weighted by molar-refractivity contribution is 6.62. The van der Waals surface area contributed by atoms with Crippen LogP contribution in [-0.4, -0.2) is 71.3 Å². The van der Waals surface area contributed by atoms with Gasteiger partial charge in [0.15, 0.2) is 0 Å². The van der Waals surface area contributed by atoms with Crippen LogP contribution in [0.3, 0.4) is 0 Å². The second-order valence-electron chi connectivity index (χ2n) is 6.31. The summed E-state index contributed by atoms with van der Waals surface area (Å²) in [5.74, 6) is 0.738. The summed E-state index contributed by atoms with van der Waals surface area (Å²) in [6, 6.07) is 3.68. The molecule has 1 aromatic carbocycles. The number of amides is 1. The summed E-state index contributed by atoms with van der Waals surface area (Å²) in [6.07, 6.45) is 2.87. The number of piperazine rings is 1. The van der Waals surface area contributed by atoms with E-state index in [-0.39, 0.29) is 5.91 Å². The molecule has 0 spiro atoms. The van der Waals surface area contributed by atoms with Crippen LogP contribution < -0.4 is 15.5 Å².